The lowest BCUT2D eigenvalue weighted by Gasteiger charge is -2.16. The third-order valence-corrected chi connectivity index (χ3v) is 1.99. The van der Waals surface area contributed by atoms with Gasteiger partial charge in [0.25, 0.3) is 0 Å². The van der Waals surface area contributed by atoms with Crippen molar-refractivity contribution in [2.24, 2.45) is 5.73 Å². The molecule has 15 heavy (non-hydrogen) atoms. The molecule has 0 radical (unpaired) electrons. The maximum absolute atomic E-state index is 11.4. The minimum absolute atomic E-state index is 0.331. The number of carbonyl (C=O) groups excluding carboxylic acids is 1. The molecule has 88 valence electrons. The maximum atomic E-state index is 11.4. The number of nitrogens with one attached hydrogen (secondary N) is 1. The quantitative estimate of drug-likeness (QED) is 0.526. The molecule has 0 aliphatic carbocycles. The van der Waals surface area contributed by atoms with Crippen molar-refractivity contribution in [1.29, 1.82) is 0 Å². The number of hydrogen-bond acceptors (Lipinski definition) is 4. The summed E-state index contributed by atoms with van der Waals surface area (Å²) in [5.74, 6) is -1.51. The van der Waals surface area contributed by atoms with Crippen molar-refractivity contribution in [3.8, 4) is 0 Å². The predicted molar refractivity (Wildman–Crippen MR) is 54.3 cm³/mol. The second-order valence-electron chi connectivity index (χ2n) is 3.20. The van der Waals surface area contributed by atoms with Crippen LogP contribution in [0.5, 0.6) is 0 Å². The summed E-state index contributed by atoms with van der Waals surface area (Å²) in [6.45, 7) is 2.05. The number of nitrogens with two attached hydrogens (primary N) is 1. The van der Waals surface area contributed by atoms with Gasteiger partial charge in [-0.25, -0.2) is 4.79 Å². The number of hydrogen-bond donors (Lipinski definition) is 3. The van der Waals surface area contributed by atoms with Gasteiger partial charge in [0.2, 0.25) is 5.91 Å². The molecule has 0 rings (SSSR count). The molecular formula is C9H18N2O4. The molecule has 0 saturated heterocycles. The Labute approximate surface area is 88.8 Å². The van der Waals surface area contributed by atoms with Crippen LogP contribution in [-0.2, 0) is 14.3 Å². The summed E-state index contributed by atoms with van der Waals surface area (Å²) in [5, 5.41) is 11.1. The smallest absolute Gasteiger partial charge is 0.326 e. The summed E-state index contributed by atoms with van der Waals surface area (Å²) in [4.78, 5) is 22.0. The van der Waals surface area contributed by atoms with E-state index in [0.29, 0.717) is 19.4 Å². The third-order valence-electron chi connectivity index (χ3n) is 1.99. The highest BCUT2D eigenvalue weighted by atomic mass is 16.5. The highest BCUT2D eigenvalue weighted by Gasteiger charge is 2.21. The van der Waals surface area contributed by atoms with Gasteiger partial charge in [-0.05, 0) is 12.8 Å². The van der Waals surface area contributed by atoms with Crippen LogP contribution in [0.25, 0.3) is 0 Å². The van der Waals surface area contributed by atoms with Gasteiger partial charge >= 0.3 is 5.97 Å². The van der Waals surface area contributed by atoms with Crippen LogP contribution in [-0.4, -0.2) is 42.8 Å². The number of aliphatic carboxylic acids is 1. The Morgan fingerprint density at radius 1 is 1.53 bits per heavy atom. The Hall–Kier alpha value is -1.14. The van der Waals surface area contributed by atoms with Gasteiger partial charge in [0, 0.05) is 13.7 Å². The van der Waals surface area contributed by atoms with Crippen LogP contribution in [0.4, 0.5) is 0 Å². The predicted octanol–water partition coefficient (Wildman–Crippen LogP) is -0.670. The van der Waals surface area contributed by atoms with Crippen molar-refractivity contribution in [2.75, 3.05) is 13.7 Å². The number of carboxylic acid groups (broad SMARTS) is 1. The van der Waals surface area contributed by atoms with E-state index in [9.17, 15) is 9.59 Å². The number of amides is 1. The third kappa shape index (κ3) is 5.34. The number of carbonyl (C=O) groups is 2. The normalized spacial score (nSPS) is 14.3. The zero-order valence-corrected chi connectivity index (χ0v) is 9.03. The highest BCUT2D eigenvalue weighted by Crippen LogP contribution is 1.94. The van der Waals surface area contributed by atoms with E-state index in [4.69, 9.17) is 15.6 Å². The Morgan fingerprint density at radius 3 is 2.53 bits per heavy atom. The maximum Gasteiger partial charge on any atom is 0.326 e. The Kier molecular flexibility index (Phi) is 6.64. The van der Waals surface area contributed by atoms with E-state index in [2.05, 4.69) is 5.32 Å². The first kappa shape index (κ1) is 13.9. The van der Waals surface area contributed by atoms with E-state index < -0.39 is 24.0 Å². The van der Waals surface area contributed by atoms with Gasteiger partial charge in [0.15, 0.2) is 0 Å². The fourth-order valence-corrected chi connectivity index (χ4v) is 0.993. The SMILES string of the molecule is CCC(NC(=O)C(N)CCOC)C(=O)O. The first-order chi connectivity index (χ1) is 7.02. The van der Waals surface area contributed by atoms with Gasteiger partial charge in [-0.1, -0.05) is 6.92 Å². The van der Waals surface area contributed by atoms with Crippen molar-refractivity contribution < 1.29 is 19.4 Å². The molecule has 0 spiro atoms. The van der Waals surface area contributed by atoms with Crippen LogP contribution in [0.2, 0.25) is 0 Å². The summed E-state index contributed by atoms with van der Waals surface area (Å²) in [6, 6.07) is -1.59. The molecule has 0 heterocycles. The molecule has 0 aliphatic heterocycles. The number of methoxy groups -OCH3 is 1. The zero-order valence-electron chi connectivity index (χ0n) is 9.03. The van der Waals surface area contributed by atoms with Gasteiger partial charge < -0.3 is 20.9 Å². The number of rotatable bonds is 7. The van der Waals surface area contributed by atoms with E-state index >= 15 is 0 Å². The summed E-state index contributed by atoms with van der Waals surface area (Å²) in [7, 11) is 1.51. The molecule has 0 aromatic carbocycles. The summed E-state index contributed by atoms with van der Waals surface area (Å²) in [6.07, 6.45) is 0.705. The average molecular weight is 218 g/mol. The van der Waals surface area contributed by atoms with Gasteiger partial charge in [-0.2, -0.15) is 0 Å². The average Bonchev–Trinajstić information content (AvgIpc) is 2.21. The Morgan fingerprint density at radius 2 is 2.13 bits per heavy atom. The standard InChI is InChI=1S/C9H18N2O4/c1-3-7(9(13)14)11-8(12)6(10)4-5-15-2/h6-7H,3-5,10H2,1-2H3,(H,11,12)(H,13,14). The fraction of sp³-hybridized carbons (Fsp3) is 0.778. The fourth-order valence-electron chi connectivity index (χ4n) is 0.993. The van der Waals surface area contributed by atoms with Crippen molar-refractivity contribution in [1.82, 2.24) is 5.32 Å². The first-order valence-corrected chi connectivity index (χ1v) is 4.80. The first-order valence-electron chi connectivity index (χ1n) is 4.80. The van der Waals surface area contributed by atoms with Gasteiger partial charge in [-0.3, -0.25) is 4.79 Å². The van der Waals surface area contributed by atoms with Gasteiger partial charge in [-0.15, -0.1) is 0 Å². The second kappa shape index (κ2) is 7.19. The van der Waals surface area contributed by atoms with Crippen LogP contribution in [0.15, 0.2) is 0 Å². The Bertz CT molecular complexity index is 220. The number of ether oxygens (including phenoxy) is 1. The highest BCUT2D eigenvalue weighted by molar-refractivity contribution is 5.86. The monoisotopic (exact) mass is 218 g/mol. The van der Waals surface area contributed by atoms with E-state index in [0.717, 1.165) is 0 Å². The van der Waals surface area contributed by atoms with Crippen LogP contribution >= 0.6 is 0 Å². The van der Waals surface area contributed by atoms with Gasteiger partial charge in [0.05, 0.1) is 6.04 Å². The van der Waals surface area contributed by atoms with E-state index in [-0.39, 0.29) is 0 Å². The van der Waals surface area contributed by atoms with E-state index in [1.54, 1.807) is 6.92 Å². The molecule has 0 bridgehead atoms. The minimum atomic E-state index is -1.05. The summed E-state index contributed by atoms with van der Waals surface area (Å²) in [5.41, 5.74) is 5.52. The lowest BCUT2D eigenvalue weighted by molar-refractivity contribution is -0.142. The molecule has 0 aromatic rings. The molecule has 2 atom stereocenters. The molecule has 0 saturated carbocycles. The second-order valence-corrected chi connectivity index (χ2v) is 3.20. The van der Waals surface area contributed by atoms with Crippen LogP contribution in [0.1, 0.15) is 19.8 Å². The topological polar surface area (TPSA) is 102 Å². The molecule has 2 unspecified atom stereocenters. The summed E-state index contributed by atoms with van der Waals surface area (Å²) < 4.78 is 4.77. The molecule has 4 N–H and O–H groups in total. The Balaban J connectivity index is 4.04. The number of carboxylic acids is 1. The van der Waals surface area contributed by atoms with Crippen molar-refractivity contribution in [2.45, 2.75) is 31.8 Å². The molecular weight excluding hydrogens is 200 g/mol. The lowest BCUT2D eigenvalue weighted by atomic mass is 10.1. The molecule has 1 amide bonds. The van der Waals surface area contributed by atoms with Crippen LogP contribution in [0.3, 0.4) is 0 Å². The molecule has 6 heteroatoms. The molecule has 6 nitrogen and oxygen atoms in total. The van der Waals surface area contributed by atoms with Crippen molar-refractivity contribution in [3.63, 3.8) is 0 Å². The lowest BCUT2D eigenvalue weighted by Crippen LogP contribution is -2.48. The van der Waals surface area contributed by atoms with Crippen molar-refractivity contribution in [3.05, 3.63) is 0 Å². The van der Waals surface area contributed by atoms with Gasteiger partial charge in [0.1, 0.15) is 6.04 Å². The van der Waals surface area contributed by atoms with Crippen LogP contribution < -0.4 is 11.1 Å². The van der Waals surface area contributed by atoms with Crippen LogP contribution in [0, 0.1) is 0 Å². The molecule has 0 aliphatic rings. The van der Waals surface area contributed by atoms with Crippen molar-refractivity contribution >= 4 is 11.9 Å². The largest absolute Gasteiger partial charge is 0.480 e. The minimum Gasteiger partial charge on any atom is -0.480 e. The molecule has 0 aromatic heterocycles. The summed E-state index contributed by atoms with van der Waals surface area (Å²) >= 11 is 0. The van der Waals surface area contributed by atoms with E-state index in [1.165, 1.54) is 7.11 Å². The van der Waals surface area contributed by atoms with E-state index in [1.807, 2.05) is 0 Å². The molecule has 0 fully saturated rings. The zero-order chi connectivity index (χ0) is 11.8.